The molecule has 1 atom stereocenters. The van der Waals surface area contributed by atoms with Crippen LogP contribution in [0.3, 0.4) is 0 Å². The molecule has 2 heteroatoms. The summed E-state index contributed by atoms with van der Waals surface area (Å²) in [7, 11) is 0. The molecule has 1 saturated carbocycles. The number of ether oxygens (including phenoxy) is 1. The Labute approximate surface area is 91.7 Å². The zero-order chi connectivity index (χ0) is 10.9. The van der Waals surface area contributed by atoms with Crippen LogP contribution in [-0.4, -0.2) is 12.6 Å². The van der Waals surface area contributed by atoms with Gasteiger partial charge in [0.25, 0.3) is 0 Å². The van der Waals surface area contributed by atoms with Gasteiger partial charge in [-0.2, -0.15) is 0 Å². The fraction of sp³-hybridized carbons (Fsp3) is 0.769. The van der Waals surface area contributed by atoms with Crippen molar-refractivity contribution in [3.8, 4) is 0 Å². The number of hydrogen-bond acceptors (Lipinski definition) is 2. The molecular weight excluding hydrogens is 188 g/mol. The Bertz CT molecular complexity index is 285. The van der Waals surface area contributed by atoms with Crippen molar-refractivity contribution in [1.29, 1.82) is 0 Å². The van der Waals surface area contributed by atoms with Gasteiger partial charge in [-0.15, -0.1) is 0 Å². The second-order valence-electron chi connectivity index (χ2n) is 4.91. The van der Waals surface area contributed by atoms with E-state index in [9.17, 15) is 4.79 Å². The molecule has 0 heterocycles. The third kappa shape index (κ3) is 1.70. The Hall–Kier alpha value is -0.790. The van der Waals surface area contributed by atoms with Crippen molar-refractivity contribution in [3.63, 3.8) is 0 Å². The van der Waals surface area contributed by atoms with Gasteiger partial charge in [-0.1, -0.05) is 24.5 Å². The highest BCUT2D eigenvalue weighted by molar-refractivity contribution is 5.77. The van der Waals surface area contributed by atoms with Gasteiger partial charge in [0.05, 0.1) is 12.5 Å². The van der Waals surface area contributed by atoms with Gasteiger partial charge in [0.15, 0.2) is 0 Å². The summed E-state index contributed by atoms with van der Waals surface area (Å²) in [6, 6.07) is 0. The van der Waals surface area contributed by atoms with Crippen LogP contribution < -0.4 is 0 Å². The minimum Gasteiger partial charge on any atom is -0.466 e. The Kier molecular flexibility index (Phi) is 2.85. The molecule has 0 aliphatic heterocycles. The predicted molar refractivity (Wildman–Crippen MR) is 59.4 cm³/mol. The quantitative estimate of drug-likeness (QED) is 0.515. The van der Waals surface area contributed by atoms with Gasteiger partial charge in [-0.3, -0.25) is 4.79 Å². The molecule has 2 rings (SSSR count). The van der Waals surface area contributed by atoms with Crippen LogP contribution in [0.25, 0.3) is 0 Å². The lowest BCUT2D eigenvalue weighted by molar-refractivity contribution is -0.150. The Morgan fingerprint density at radius 3 is 2.80 bits per heavy atom. The van der Waals surface area contributed by atoms with Crippen LogP contribution in [0.1, 0.15) is 46.0 Å². The second kappa shape index (κ2) is 3.99. The first-order valence-electron chi connectivity index (χ1n) is 6.03. The summed E-state index contributed by atoms with van der Waals surface area (Å²) in [6.07, 6.45) is 8.28. The molecule has 15 heavy (non-hydrogen) atoms. The van der Waals surface area contributed by atoms with Crippen LogP contribution in [0.5, 0.6) is 0 Å². The molecule has 1 spiro atoms. The molecule has 0 radical (unpaired) electrons. The van der Waals surface area contributed by atoms with E-state index in [1.807, 2.05) is 6.92 Å². The summed E-state index contributed by atoms with van der Waals surface area (Å²) in [4.78, 5) is 12.0. The van der Waals surface area contributed by atoms with Crippen molar-refractivity contribution in [2.24, 2.45) is 11.3 Å². The average Bonchev–Trinajstić information content (AvgIpc) is 2.77. The number of carbonyl (C=O) groups is 1. The summed E-state index contributed by atoms with van der Waals surface area (Å²) >= 11 is 0. The maximum Gasteiger partial charge on any atom is 0.313 e. The van der Waals surface area contributed by atoms with E-state index in [0.29, 0.717) is 6.61 Å². The van der Waals surface area contributed by atoms with Crippen LogP contribution in [-0.2, 0) is 9.53 Å². The number of rotatable bonds is 2. The van der Waals surface area contributed by atoms with Crippen LogP contribution in [0.4, 0.5) is 0 Å². The van der Waals surface area contributed by atoms with E-state index < -0.39 is 0 Å². The number of allylic oxidation sites excluding steroid dienone is 1. The van der Waals surface area contributed by atoms with Crippen molar-refractivity contribution in [2.45, 2.75) is 46.0 Å². The minimum absolute atomic E-state index is 0.00523. The molecule has 84 valence electrons. The van der Waals surface area contributed by atoms with E-state index in [1.54, 1.807) is 0 Å². The predicted octanol–water partition coefficient (Wildman–Crippen LogP) is 3.08. The van der Waals surface area contributed by atoms with Crippen LogP contribution in [0.2, 0.25) is 0 Å². The summed E-state index contributed by atoms with van der Waals surface area (Å²) in [5.41, 5.74) is 1.46. The Morgan fingerprint density at radius 2 is 2.20 bits per heavy atom. The number of hydrogen-bond donors (Lipinski definition) is 0. The maximum absolute atomic E-state index is 12.0. The Morgan fingerprint density at radius 1 is 1.53 bits per heavy atom. The molecule has 0 N–H and O–H groups in total. The van der Waals surface area contributed by atoms with E-state index in [-0.39, 0.29) is 17.3 Å². The van der Waals surface area contributed by atoms with Crippen LogP contribution in [0.15, 0.2) is 11.6 Å². The van der Waals surface area contributed by atoms with E-state index in [0.717, 1.165) is 6.42 Å². The lowest BCUT2D eigenvalue weighted by atomic mass is 9.74. The maximum atomic E-state index is 12.0. The number of esters is 1. The molecule has 2 nitrogen and oxygen atoms in total. The molecule has 0 aromatic heterocycles. The molecule has 0 amide bonds. The van der Waals surface area contributed by atoms with Crippen molar-refractivity contribution in [1.82, 2.24) is 0 Å². The summed E-state index contributed by atoms with van der Waals surface area (Å²) < 4.78 is 5.20. The lowest BCUT2D eigenvalue weighted by Gasteiger charge is -2.30. The van der Waals surface area contributed by atoms with Crippen LogP contribution in [0, 0.1) is 11.3 Å². The van der Waals surface area contributed by atoms with E-state index >= 15 is 0 Å². The van der Waals surface area contributed by atoms with Gasteiger partial charge in [0, 0.05) is 0 Å². The zero-order valence-electron chi connectivity index (χ0n) is 9.71. The summed E-state index contributed by atoms with van der Waals surface area (Å²) in [5.74, 6) is 0.0607. The molecule has 2 aliphatic carbocycles. The van der Waals surface area contributed by atoms with Gasteiger partial charge < -0.3 is 4.74 Å². The first-order chi connectivity index (χ1) is 7.19. The SMILES string of the molecule is CCOC(=O)C1C(C)=CCC12CCCC2. The van der Waals surface area contributed by atoms with E-state index in [1.165, 1.54) is 31.3 Å². The van der Waals surface area contributed by atoms with E-state index in [2.05, 4.69) is 13.0 Å². The minimum atomic E-state index is 0.00523. The third-order valence-corrected chi connectivity index (χ3v) is 4.02. The first kappa shape index (κ1) is 10.7. The molecule has 1 fully saturated rings. The topological polar surface area (TPSA) is 26.3 Å². The molecule has 1 unspecified atom stereocenters. The van der Waals surface area contributed by atoms with Crippen LogP contribution >= 0.6 is 0 Å². The smallest absolute Gasteiger partial charge is 0.313 e. The molecular formula is C13H20O2. The molecule has 0 aromatic carbocycles. The zero-order valence-corrected chi connectivity index (χ0v) is 9.71. The molecule has 0 bridgehead atoms. The molecule has 0 aromatic rings. The monoisotopic (exact) mass is 208 g/mol. The second-order valence-corrected chi connectivity index (χ2v) is 4.91. The van der Waals surface area contributed by atoms with Crippen molar-refractivity contribution < 1.29 is 9.53 Å². The Balaban J connectivity index is 2.17. The highest BCUT2D eigenvalue weighted by Crippen LogP contribution is 2.54. The van der Waals surface area contributed by atoms with Gasteiger partial charge in [-0.05, 0) is 38.5 Å². The van der Waals surface area contributed by atoms with Crippen molar-refractivity contribution in [3.05, 3.63) is 11.6 Å². The van der Waals surface area contributed by atoms with Gasteiger partial charge >= 0.3 is 5.97 Å². The number of carbonyl (C=O) groups excluding carboxylic acids is 1. The fourth-order valence-electron chi connectivity index (χ4n) is 3.32. The fourth-order valence-corrected chi connectivity index (χ4v) is 3.32. The van der Waals surface area contributed by atoms with Crippen molar-refractivity contribution in [2.75, 3.05) is 6.61 Å². The molecule has 2 aliphatic rings. The van der Waals surface area contributed by atoms with Gasteiger partial charge in [0.2, 0.25) is 0 Å². The summed E-state index contributed by atoms with van der Waals surface area (Å²) in [5, 5.41) is 0. The van der Waals surface area contributed by atoms with Gasteiger partial charge in [0.1, 0.15) is 0 Å². The molecule has 0 saturated heterocycles. The lowest BCUT2D eigenvalue weighted by Crippen LogP contribution is -2.32. The largest absolute Gasteiger partial charge is 0.466 e. The summed E-state index contributed by atoms with van der Waals surface area (Å²) in [6.45, 7) is 4.46. The van der Waals surface area contributed by atoms with E-state index in [4.69, 9.17) is 4.74 Å². The van der Waals surface area contributed by atoms with Crippen molar-refractivity contribution >= 4 is 5.97 Å². The highest BCUT2D eigenvalue weighted by Gasteiger charge is 2.48. The normalized spacial score (nSPS) is 28.1. The highest BCUT2D eigenvalue weighted by atomic mass is 16.5. The van der Waals surface area contributed by atoms with Gasteiger partial charge in [-0.25, -0.2) is 0 Å². The average molecular weight is 208 g/mol. The third-order valence-electron chi connectivity index (χ3n) is 4.02. The standard InChI is InChI=1S/C13H20O2/c1-3-15-12(14)11-10(2)6-9-13(11)7-4-5-8-13/h6,11H,3-5,7-9H2,1-2H3. The first-order valence-corrected chi connectivity index (χ1v) is 6.03.